The third kappa shape index (κ3) is 6.19. The number of amides is 2. The number of anilines is 2. The highest BCUT2D eigenvalue weighted by Crippen LogP contribution is 2.31. The Balaban J connectivity index is 1.58. The number of aromatic nitrogens is 2. The first-order chi connectivity index (χ1) is 15.0. The van der Waals surface area contributed by atoms with Crippen LogP contribution in [0.15, 0.2) is 59.6 Å². The lowest BCUT2D eigenvalue weighted by Gasteiger charge is -2.09. The van der Waals surface area contributed by atoms with Gasteiger partial charge in [0.15, 0.2) is 11.5 Å². The fraction of sp³-hybridized carbons (Fsp3) is 0.182. The van der Waals surface area contributed by atoms with E-state index < -0.39 is 0 Å². The van der Waals surface area contributed by atoms with Crippen LogP contribution in [-0.2, 0) is 9.59 Å². The zero-order chi connectivity index (χ0) is 22.2. The van der Waals surface area contributed by atoms with Crippen LogP contribution in [0.4, 0.5) is 11.4 Å². The van der Waals surface area contributed by atoms with Crippen molar-refractivity contribution in [2.24, 2.45) is 0 Å². The quantitative estimate of drug-likeness (QED) is 0.515. The standard InChI is InChI=1S/C22H22N4O4S/c1-14(27)23-16-5-4-6-17(12-16)24-21(28)13-31-22-10-8-18(25-26-22)15-7-9-19(29-2)20(11-15)30-3/h4-12H,13H2,1-3H3,(H,23,27)(H,24,28). The van der Waals surface area contributed by atoms with Crippen molar-refractivity contribution >= 4 is 35.0 Å². The van der Waals surface area contributed by atoms with E-state index in [1.165, 1.54) is 18.7 Å². The average molecular weight is 439 g/mol. The first-order valence-electron chi connectivity index (χ1n) is 9.35. The predicted molar refractivity (Wildman–Crippen MR) is 121 cm³/mol. The number of nitrogens with zero attached hydrogens (tertiary/aromatic N) is 2. The summed E-state index contributed by atoms with van der Waals surface area (Å²) in [7, 11) is 3.16. The van der Waals surface area contributed by atoms with E-state index in [0.717, 1.165) is 5.56 Å². The lowest BCUT2D eigenvalue weighted by atomic mass is 10.1. The molecule has 2 N–H and O–H groups in total. The minimum absolute atomic E-state index is 0.172. The Morgan fingerprint density at radius 3 is 2.29 bits per heavy atom. The van der Waals surface area contributed by atoms with Crippen molar-refractivity contribution in [3.05, 3.63) is 54.6 Å². The highest BCUT2D eigenvalue weighted by Gasteiger charge is 2.09. The molecule has 0 spiro atoms. The molecule has 8 nitrogen and oxygen atoms in total. The smallest absolute Gasteiger partial charge is 0.234 e. The van der Waals surface area contributed by atoms with Crippen molar-refractivity contribution in [1.82, 2.24) is 10.2 Å². The highest BCUT2D eigenvalue weighted by molar-refractivity contribution is 7.99. The molecule has 0 fully saturated rings. The maximum atomic E-state index is 12.2. The summed E-state index contributed by atoms with van der Waals surface area (Å²) < 4.78 is 10.6. The van der Waals surface area contributed by atoms with Gasteiger partial charge in [0.1, 0.15) is 5.03 Å². The second-order valence-corrected chi connectivity index (χ2v) is 7.42. The van der Waals surface area contributed by atoms with Gasteiger partial charge in [0, 0.05) is 23.9 Å². The van der Waals surface area contributed by atoms with Crippen LogP contribution in [0.3, 0.4) is 0 Å². The Labute approximate surface area is 184 Å². The van der Waals surface area contributed by atoms with Gasteiger partial charge in [0.05, 0.1) is 25.7 Å². The molecule has 0 radical (unpaired) electrons. The van der Waals surface area contributed by atoms with E-state index in [1.807, 2.05) is 30.3 Å². The van der Waals surface area contributed by atoms with Gasteiger partial charge in [-0.05, 0) is 48.5 Å². The van der Waals surface area contributed by atoms with E-state index in [2.05, 4.69) is 20.8 Å². The lowest BCUT2D eigenvalue weighted by Crippen LogP contribution is -2.14. The molecular weight excluding hydrogens is 416 g/mol. The van der Waals surface area contributed by atoms with Crippen LogP contribution in [0.1, 0.15) is 6.92 Å². The Morgan fingerprint density at radius 1 is 0.903 bits per heavy atom. The van der Waals surface area contributed by atoms with E-state index in [4.69, 9.17) is 9.47 Å². The van der Waals surface area contributed by atoms with Crippen molar-refractivity contribution in [1.29, 1.82) is 0 Å². The minimum atomic E-state index is -0.184. The monoisotopic (exact) mass is 438 g/mol. The van der Waals surface area contributed by atoms with Gasteiger partial charge in [0.2, 0.25) is 11.8 Å². The molecule has 1 heterocycles. The van der Waals surface area contributed by atoms with E-state index in [1.54, 1.807) is 38.5 Å². The van der Waals surface area contributed by atoms with Crippen molar-refractivity contribution < 1.29 is 19.1 Å². The predicted octanol–water partition coefficient (Wildman–Crippen LogP) is 3.85. The zero-order valence-corrected chi connectivity index (χ0v) is 18.2. The number of methoxy groups -OCH3 is 2. The largest absolute Gasteiger partial charge is 0.493 e. The average Bonchev–Trinajstić information content (AvgIpc) is 2.77. The molecule has 0 saturated carbocycles. The van der Waals surface area contributed by atoms with Crippen LogP contribution in [0.2, 0.25) is 0 Å². The number of ether oxygens (including phenoxy) is 2. The van der Waals surface area contributed by atoms with Crippen molar-refractivity contribution in [2.75, 3.05) is 30.6 Å². The number of carbonyl (C=O) groups is 2. The summed E-state index contributed by atoms with van der Waals surface area (Å²) in [6.07, 6.45) is 0. The number of hydrogen-bond acceptors (Lipinski definition) is 7. The van der Waals surface area contributed by atoms with Crippen LogP contribution in [0.25, 0.3) is 11.3 Å². The van der Waals surface area contributed by atoms with Gasteiger partial charge in [-0.1, -0.05) is 17.8 Å². The minimum Gasteiger partial charge on any atom is -0.493 e. The van der Waals surface area contributed by atoms with E-state index >= 15 is 0 Å². The summed E-state index contributed by atoms with van der Waals surface area (Å²) in [5, 5.41) is 14.5. The molecule has 3 aromatic rings. The summed E-state index contributed by atoms with van der Waals surface area (Å²) in [6.45, 7) is 1.43. The summed E-state index contributed by atoms with van der Waals surface area (Å²) in [5.74, 6) is 1.07. The Bertz CT molecular complexity index is 1070. The Hall–Kier alpha value is -3.59. The molecule has 31 heavy (non-hydrogen) atoms. The van der Waals surface area contributed by atoms with Crippen LogP contribution in [0, 0.1) is 0 Å². The fourth-order valence-corrected chi connectivity index (χ4v) is 3.38. The second kappa shape index (κ2) is 10.4. The molecule has 0 atom stereocenters. The second-order valence-electron chi connectivity index (χ2n) is 6.43. The Morgan fingerprint density at radius 2 is 1.65 bits per heavy atom. The van der Waals surface area contributed by atoms with Crippen molar-refractivity contribution in [3.63, 3.8) is 0 Å². The molecule has 160 valence electrons. The molecule has 0 unspecified atom stereocenters. The number of benzene rings is 2. The molecule has 0 aliphatic heterocycles. The summed E-state index contributed by atoms with van der Waals surface area (Å²) in [5.41, 5.74) is 2.75. The maximum Gasteiger partial charge on any atom is 0.234 e. The van der Waals surface area contributed by atoms with Crippen molar-refractivity contribution in [2.45, 2.75) is 11.9 Å². The van der Waals surface area contributed by atoms with Crippen molar-refractivity contribution in [3.8, 4) is 22.8 Å². The van der Waals surface area contributed by atoms with Gasteiger partial charge < -0.3 is 20.1 Å². The third-order valence-electron chi connectivity index (χ3n) is 4.14. The third-order valence-corrected chi connectivity index (χ3v) is 5.06. The van der Waals surface area contributed by atoms with Crippen LogP contribution >= 0.6 is 11.8 Å². The van der Waals surface area contributed by atoms with Gasteiger partial charge in [-0.25, -0.2) is 0 Å². The van der Waals surface area contributed by atoms with E-state index in [9.17, 15) is 9.59 Å². The number of hydrogen-bond donors (Lipinski definition) is 2. The van der Waals surface area contributed by atoms with Gasteiger partial charge in [-0.15, -0.1) is 10.2 Å². The number of rotatable bonds is 8. The normalized spacial score (nSPS) is 10.3. The van der Waals surface area contributed by atoms with Crippen LogP contribution in [0.5, 0.6) is 11.5 Å². The van der Waals surface area contributed by atoms with E-state index in [-0.39, 0.29) is 17.6 Å². The molecule has 3 rings (SSSR count). The molecular formula is C22H22N4O4S. The molecule has 0 aliphatic carbocycles. The maximum absolute atomic E-state index is 12.2. The molecule has 0 bridgehead atoms. The number of nitrogens with one attached hydrogen (secondary N) is 2. The number of carbonyl (C=O) groups excluding carboxylic acids is 2. The highest BCUT2D eigenvalue weighted by atomic mass is 32.2. The number of thioether (sulfide) groups is 1. The van der Waals surface area contributed by atoms with Gasteiger partial charge in [0.25, 0.3) is 0 Å². The summed E-state index contributed by atoms with van der Waals surface area (Å²) in [6, 6.07) is 16.1. The zero-order valence-electron chi connectivity index (χ0n) is 17.3. The fourth-order valence-electron chi connectivity index (χ4n) is 2.76. The Kier molecular flexibility index (Phi) is 7.45. The SMILES string of the molecule is COc1ccc(-c2ccc(SCC(=O)Nc3cccc(NC(C)=O)c3)nn2)cc1OC. The van der Waals surface area contributed by atoms with Gasteiger partial charge in [-0.3, -0.25) is 9.59 Å². The first kappa shape index (κ1) is 22.1. The van der Waals surface area contributed by atoms with E-state index in [0.29, 0.717) is 33.6 Å². The van der Waals surface area contributed by atoms with Crippen LogP contribution < -0.4 is 20.1 Å². The topological polar surface area (TPSA) is 102 Å². The molecule has 9 heteroatoms. The lowest BCUT2D eigenvalue weighted by molar-refractivity contribution is -0.114. The molecule has 0 saturated heterocycles. The van der Waals surface area contributed by atoms with Gasteiger partial charge in [-0.2, -0.15) is 0 Å². The summed E-state index contributed by atoms with van der Waals surface area (Å²) >= 11 is 1.28. The first-order valence-corrected chi connectivity index (χ1v) is 10.3. The van der Waals surface area contributed by atoms with Crippen LogP contribution in [-0.4, -0.2) is 42.0 Å². The molecule has 2 amide bonds. The van der Waals surface area contributed by atoms with Gasteiger partial charge >= 0.3 is 0 Å². The molecule has 1 aromatic heterocycles. The molecule has 0 aliphatic rings. The summed E-state index contributed by atoms with van der Waals surface area (Å²) in [4.78, 5) is 23.4. The molecule has 2 aromatic carbocycles.